The van der Waals surface area contributed by atoms with Gasteiger partial charge in [0.05, 0.1) is 59.5 Å². The van der Waals surface area contributed by atoms with Crippen molar-refractivity contribution in [2.75, 3.05) is 21.3 Å². The zero-order valence-electron chi connectivity index (χ0n) is 34.5. The van der Waals surface area contributed by atoms with Crippen molar-refractivity contribution in [3.05, 3.63) is 153 Å². The zero-order chi connectivity index (χ0) is 47.9. The van der Waals surface area contributed by atoms with Crippen molar-refractivity contribution in [3.8, 4) is 17.2 Å². The van der Waals surface area contributed by atoms with Gasteiger partial charge in [-0.2, -0.15) is 15.4 Å². The van der Waals surface area contributed by atoms with Crippen LogP contribution in [0.5, 0.6) is 17.2 Å². The number of amides is 5. The zero-order valence-corrected chi connectivity index (χ0v) is 34.5. The van der Waals surface area contributed by atoms with Gasteiger partial charge in [0.2, 0.25) is 5.91 Å². The molecule has 0 unspecified atom stereocenters. The Morgan fingerprint density at radius 1 is 0.687 bits per heavy atom. The number of pyridine rings is 1. The minimum absolute atomic E-state index is 0.00419. The largest absolute Gasteiger partial charge is 0.508 e. The van der Waals surface area contributed by atoms with Gasteiger partial charge in [0.15, 0.2) is 5.78 Å². The molecule has 340 valence electrons. The van der Waals surface area contributed by atoms with Gasteiger partial charge in [0.1, 0.15) is 34.5 Å². The summed E-state index contributed by atoms with van der Waals surface area (Å²) in [6.07, 6.45) is 4.16. The Morgan fingerprint density at radius 2 is 1.34 bits per heavy atom. The number of benzene rings is 4. The van der Waals surface area contributed by atoms with E-state index in [1.54, 1.807) is 0 Å². The molecule has 22 heteroatoms. The lowest BCUT2D eigenvalue weighted by molar-refractivity contribution is -0.118. The second-order valence-electron chi connectivity index (χ2n) is 14.6. The molecule has 67 heavy (non-hydrogen) atoms. The smallest absolute Gasteiger partial charge is 0.339 e. The van der Waals surface area contributed by atoms with Crippen molar-refractivity contribution in [1.29, 1.82) is 0 Å². The fourth-order valence-electron chi connectivity index (χ4n) is 6.89. The molecule has 4 aromatic carbocycles. The maximum atomic E-state index is 13.6. The number of rotatable bonds is 15. The lowest BCUT2D eigenvalue weighted by Crippen LogP contribution is -2.45. The van der Waals surface area contributed by atoms with Gasteiger partial charge in [-0.15, -0.1) is 0 Å². The minimum atomic E-state index is -1.47. The summed E-state index contributed by atoms with van der Waals surface area (Å²) in [7, 11) is 0. The highest BCUT2D eigenvalue weighted by Crippen LogP contribution is 2.34. The monoisotopic (exact) mass is 911 g/mol. The molecule has 7 rings (SSSR count). The summed E-state index contributed by atoms with van der Waals surface area (Å²) >= 11 is 0. The summed E-state index contributed by atoms with van der Waals surface area (Å²) in [5, 5.41) is 82.8. The molecule has 0 spiro atoms. The number of nitrogens with one attached hydrogen (secondary N) is 6. The molecule has 0 fully saturated rings. The SMILES string of the molecule is O=C(Nc1ccc(C(=O)N[C@@H](Cc2cn[nH]n2)C(=O)Nc2ccc(C(=O)Nc3ccc(C(=O)Nc4ccc(C(=O)O)c(O)c4CO)c(O)c3CO)nc2)cc1)C1=CCc2cc(O)ccc2C1=O. The van der Waals surface area contributed by atoms with Crippen molar-refractivity contribution >= 4 is 64.0 Å². The number of aromatic nitrogens is 4. The predicted molar refractivity (Wildman–Crippen MR) is 234 cm³/mol. The highest BCUT2D eigenvalue weighted by atomic mass is 16.4. The summed E-state index contributed by atoms with van der Waals surface area (Å²) in [6, 6.07) is 15.8. The molecule has 1 aliphatic carbocycles. The molecule has 22 nitrogen and oxygen atoms in total. The molecule has 0 saturated heterocycles. The number of aromatic carboxylic acids is 1. The number of aliphatic hydroxyl groups excluding tert-OH is 2. The number of fused-ring (bicyclic) bond motifs is 1. The minimum Gasteiger partial charge on any atom is -0.508 e. The van der Waals surface area contributed by atoms with Gasteiger partial charge in [-0.1, -0.05) is 6.08 Å². The molecule has 1 aliphatic rings. The van der Waals surface area contributed by atoms with Crippen LogP contribution >= 0.6 is 0 Å². The maximum absolute atomic E-state index is 13.6. The summed E-state index contributed by atoms with van der Waals surface area (Å²) in [4.78, 5) is 94.7. The lowest BCUT2D eigenvalue weighted by atomic mass is 9.90. The third kappa shape index (κ3) is 10.1. The Morgan fingerprint density at radius 3 is 1.97 bits per heavy atom. The number of carboxylic acids is 1. The number of hydrogen-bond donors (Lipinski definition) is 12. The number of ketones is 1. The molecule has 0 bridgehead atoms. The van der Waals surface area contributed by atoms with Gasteiger partial charge in [-0.05, 0) is 90.8 Å². The Balaban J connectivity index is 0.975. The molecule has 12 N–H and O–H groups in total. The van der Waals surface area contributed by atoms with E-state index in [9.17, 15) is 64.2 Å². The number of nitrogens with zero attached hydrogens (tertiary/aromatic N) is 3. The number of allylic oxidation sites excluding steroid dienone is 1. The van der Waals surface area contributed by atoms with Crippen LogP contribution in [0.2, 0.25) is 0 Å². The van der Waals surface area contributed by atoms with E-state index in [0.717, 1.165) is 24.4 Å². The van der Waals surface area contributed by atoms with E-state index >= 15 is 0 Å². The molecule has 6 aromatic rings. The number of carbonyl (C=O) groups is 7. The van der Waals surface area contributed by atoms with Crippen molar-refractivity contribution in [2.45, 2.75) is 32.1 Å². The van der Waals surface area contributed by atoms with E-state index in [1.807, 2.05) is 0 Å². The van der Waals surface area contributed by atoms with Crippen molar-refractivity contribution in [1.82, 2.24) is 25.7 Å². The molecule has 5 amide bonds. The maximum Gasteiger partial charge on any atom is 0.339 e. The van der Waals surface area contributed by atoms with Crippen LogP contribution in [0.3, 0.4) is 0 Å². The average molecular weight is 912 g/mol. The topological polar surface area (TPSA) is 355 Å². The van der Waals surface area contributed by atoms with Crippen LogP contribution in [0.4, 0.5) is 22.7 Å². The molecule has 0 aliphatic heterocycles. The molecule has 0 radical (unpaired) electrons. The number of phenolic OH excluding ortho intramolecular Hbond substituents is 1. The predicted octanol–water partition coefficient (Wildman–Crippen LogP) is 2.79. The van der Waals surface area contributed by atoms with E-state index in [2.05, 4.69) is 47.0 Å². The average Bonchev–Trinajstić information content (AvgIpc) is 3.82. The number of aromatic amines is 1. The number of phenols is 3. The second-order valence-corrected chi connectivity index (χ2v) is 14.6. The van der Waals surface area contributed by atoms with E-state index in [4.69, 9.17) is 0 Å². The number of carbonyl (C=O) groups excluding carboxylic acids is 6. The number of anilines is 4. The van der Waals surface area contributed by atoms with Crippen LogP contribution in [-0.2, 0) is 35.6 Å². The highest BCUT2D eigenvalue weighted by molar-refractivity contribution is 6.29. The van der Waals surface area contributed by atoms with Crippen LogP contribution in [-0.4, -0.2) is 98.4 Å². The van der Waals surface area contributed by atoms with Crippen LogP contribution in [0.15, 0.2) is 103 Å². The molecule has 2 heterocycles. The number of Topliss-reactive ketones (excluding diaryl/α,β-unsaturated/α-hetero) is 1. The number of carboxylic acid groups (broad SMARTS) is 1. The van der Waals surface area contributed by atoms with Gasteiger partial charge in [0, 0.05) is 34.4 Å². The highest BCUT2D eigenvalue weighted by Gasteiger charge is 2.28. The standard InChI is InChI=1S/C45H37N9O13/c55-19-31-34(13-10-29(38(31)59)42(63)50-33-14-11-30(45(66)67)39(60)32(33)20-56)51-43(64)35-12-6-24(17-46-35)49-44(65)36(16-25-18-47-54-53-25)52-40(61)21-1-4-23(5-2-21)48-41(62)28-8-3-22-15-26(57)7-9-27(22)37(28)58/h1-2,4-15,17-18,36,55-57,59-60H,3,16,19-20H2,(H,48,62)(H,49,65)(H,50,63)(H,51,64)(H,52,61)(H,66,67)(H,47,53,54)/t36-/m0/s1. The number of H-pyrrole nitrogens is 1. The fourth-order valence-corrected chi connectivity index (χ4v) is 6.89. The Kier molecular flexibility index (Phi) is 13.4. The van der Waals surface area contributed by atoms with Crippen LogP contribution < -0.4 is 26.6 Å². The van der Waals surface area contributed by atoms with E-state index in [-0.39, 0.29) is 74.9 Å². The fraction of sp³-hybridized carbons (Fsp3) is 0.111. The molecular formula is C45H37N9O13. The van der Waals surface area contributed by atoms with Crippen LogP contribution in [0.25, 0.3) is 0 Å². The van der Waals surface area contributed by atoms with Gasteiger partial charge in [-0.25, -0.2) is 9.78 Å². The number of aromatic hydroxyl groups is 3. The third-order valence-corrected chi connectivity index (χ3v) is 10.4. The molecule has 2 aromatic heterocycles. The van der Waals surface area contributed by atoms with Crippen molar-refractivity contribution < 1.29 is 64.2 Å². The Labute approximate surface area is 377 Å². The van der Waals surface area contributed by atoms with Crippen molar-refractivity contribution in [2.24, 2.45) is 0 Å². The second kappa shape index (κ2) is 19.6. The summed E-state index contributed by atoms with van der Waals surface area (Å²) in [5.41, 5.74) is -0.225. The third-order valence-electron chi connectivity index (χ3n) is 10.4. The van der Waals surface area contributed by atoms with E-state index < -0.39 is 77.6 Å². The first kappa shape index (κ1) is 45.7. The van der Waals surface area contributed by atoms with Crippen LogP contribution in [0.1, 0.15) is 74.3 Å². The lowest BCUT2D eigenvalue weighted by Gasteiger charge is -2.18. The van der Waals surface area contributed by atoms with E-state index in [1.165, 1.54) is 72.9 Å². The number of aliphatic hydroxyl groups is 2. The van der Waals surface area contributed by atoms with Gasteiger partial charge in [-0.3, -0.25) is 28.8 Å². The molecule has 1 atom stereocenters. The molecular weight excluding hydrogens is 875 g/mol. The van der Waals surface area contributed by atoms with Crippen LogP contribution in [0, 0.1) is 0 Å². The van der Waals surface area contributed by atoms with Gasteiger partial charge < -0.3 is 57.2 Å². The first-order valence-corrected chi connectivity index (χ1v) is 19.8. The summed E-state index contributed by atoms with van der Waals surface area (Å²) in [6.45, 7) is -1.69. The van der Waals surface area contributed by atoms with Gasteiger partial charge >= 0.3 is 5.97 Å². The molecule has 0 saturated carbocycles. The Bertz CT molecular complexity index is 2990. The quantitative estimate of drug-likeness (QED) is 0.0659. The summed E-state index contributed by atoms with van der Waals surface area (Å²) in [5.74, 6) is -7.28. The first-order valence-electron chi connectivity index (χ1n) is 19.8. The Hall–Kier alpha value is -9.28. The normalized spacial score (nSPS) is 12.2. The van der Waals surface area contributed by atoms with Crippen molar-refractivity contribution in [3.63, 3.8) is 0 Å². The number of hydrogen-bond acceptors (Lipinski definition) is 15. The van der Waals surface area contributed by atoms with E-state index in [0.29, 0.717) is 16.8 Å². The van der Waals surface area contributed by atoms with Gasteiger partial charge in [0.25, 0.3) is 23.6 Å². The first-order chi connectivity index (χ1) is 32.1. The summed E-state index contributed by atoms with van der Waals surface area (Å²) < 4.78 is 0.